The van der Waals surface area contributed by atoms with Gasteiger partial charge in [0.05, 0.1) is 67.1 Å². The van der Waals surface area contributed by atoms with Crippen LogP contribution in [0.3, 0.4) is 0 Å². The van der Waals surface area contributed by atoms with Crippen LogP contribution in [0.2, 0.25) is 0 Å². The number of aromatic nitrogens is 10. The highest BCUT2D eigenvalue weighted by atomic mass is 19.4. The number of aromatic carboxylic acids is 1. The van der Waals surface area contributed by atoms with Crippen LogP contribution in [0.5, 0.6) is 17.2 Å². The first-order chi connectivity index (χ1) is 59.5. The maximum absolute atomic E-state index is 14.5. The van der Waals surface area contributed by atoms with Gasteiger partial charge in [-0.25, -0.2) is 32.3 Å². The van der Waals surface area contributed by atoms with Crippen molar-refractivity contribution >= 4 is 46.0 Å². The molecular formula is C81H71F10N15O21. The van der Waals surface area contributed by atoms with E-state index >= 15 is 0 Å². The van der Waals surface area contributed by atoms with Crippen molar-refractivity contribution in [2.45, 2.75) is 99.7 Å². The molecule has 2 atom stereocenters. The summed E-state index contributed by atoms with van der Waals surface area (Å²) in [4.78, 5) is 122. The van der Waals surface area contributed by atoms with Gasteiger partial charge in [-0.3, -0.25) is 84.9 Å². The molecule has 0 bridgehead atoms. The molecule has 12 rings (SSSR count). The summed E-state index contributed by atoms with van der Waals surface area (Å²) in [5, 5.41) is 93.0. The molecule has 2 N–H and O–H groups in total. The average Bonchev–Trinajstić information content (AvgIpc) is 0.804. The van der Waals surface area contributed by atoms with E-state index in [1.54, 1.807) is 52.0 Å². The second kappa shape index (κ2) is 46.6. The lowest BCUT2D eigenvalue weighted by atomic mass is 9.89. The lowest BCUT2D eigenvalue weighted by molar-refractivity contribution is -0.613. The summed E-state index contributed by atoms with van der Waals surface area (Å²) in [5.74, 6) is -12.2. The van der Waals surface area contributed by atoms with Crippen LogP contribution in [0.1, 0.15) is 129 Å². The number of rotatable bonds is 19. The Bertz CT molecular complexity index is 6000. The summed E-state index contributed by atoms with van der Waals surface area (Å²) in [6.45, 7) is 16.1. The first kappa shape index (κ1) is 101. The lowest BCUT2D eigenvalue weighted by Crippen LogP contribution is -2.28. The summed E-state index contributed by atoms with van der Waals surface area (Å²) in [6.07, 6.45) is 0.697. The van der Waals surface area contributed by atoms with Gasteiger partial charge in [0.1, 0.15) is 41.6 Å². The Labute approximate surface area is 710 Å². The fourth-order valence-electron chi connectivity index (χ4n) is 10.6. The zero-order valence-electron chi connectivity index (χ0n) is 67.8. The van der Waals surface area contributed by atoms with Crippen molar-refractivity contribution in [3.63, 3.8) is 0 Å². The van der Waals surface area contributed by atoms with Crippen LogP contribution in [-0.2, 0) is 0 Å². The number of hydrogen-bond donors (Lipinski definition) is 2. The van der Waals surface area contributed by atoms with Gasteiger partial charge in [0.25, 0.3) is 22.5 Å². The van der Waals surface area contributed by atoms with E-state index in [2.05, 4.69) is 57.4 Å². The number of carboxylic acids is 1. The molecule has 0 amide bonds. The third-order valence-corrected chi connectivity index (χ3v) is 16.7. The van der Waals surface area contributed by atoms with E-state index in [9.17, 15) is 129 Å². The summed E-state index contributed by atoms with van der Waals surface area (Å²) in [7, 11) is 1.15. The number of aryl methyl sites for hydroxylation is 9. The SMILES string of the molecule is COc1cc(C(=O)C[C@@H](c2ccc(OC(F)(F)F)c(F)c2)c2ncccc2F)ncc1[N+](=O)[O-].Cc1cc(C(=O)O)ncc1[N+](=O)[O-].Cc1cc(C)c([N+](=O)[O-])cn1.Cc1cc([N+](=O)[O-])cc[n+]1[O-].Cc1cc[n+]([O-])c(C)c1.Cc1cccc[n+]1[O-].Cc1ccnc(C)c1.O=C(C[C@@H](c1ccc(OC(F)(F)F)c(F)c1)c1ncccc1F)c1cc(=O)c([N+](=O)[O-])c[nH]1. The molecule has 46 heteroatoms. The number of carbonyl (C=O) groups excluding carboxylic acids is 2. The van der Waals surface area contributed by atoms with Crippen molar-refractivity contribution < 1.29 is 116 Å². The molecule has 0 spiro atoms. The number of Topliss-reactive ketones (excluding diaryl/α,β-unsaturated/α-hetero) is 2. The van der Waals surface area contributed by atoms with Crippen molar-refractivity contribution in [2.24, 2.45) is 0 Å². The number of nitro groups is 5. The van der Waals surface area contributed by atoms with Crippen LogP contribution in [0.4, 0.5) is 72.3 Å². The standard InChI is InChI=1S/C21H14F5N3O5.C20H12F5N3O5.C7H6N2O4.C7H8N2O2.C7H9NO.C7H9N.C6H6N2O3.C6H7NO/c1-33-19-9-15(28-10-16(19)29(31)32)17(30)8-12(20-13(22)3-2-6-27-20)11-4-5-18(14(23)7-11)34-21(24,25)26;21-12-2-1-5-26-19(12)11(10-3-4-18(13(22)6-10)33-20(23,24)25)7-16(29)14-8-17(30)15(9-27-14)28(31)32;1-4-2-5(7(10)11)8-3-6(4)9(12)13;1-5-3-6(2)8-4-7(5)9(10)11;1-6-3-4-8(9)7(2)5-6;1-6-3-4-8-7(2)5-6;1-5-4-6(8(10)11)2-3-7(5)9;1-6-4-2-3-5-7(6)8/h2-7,9-10,12H,8H2,1H3;1-6,8-9,11H,7H2,(H,27,30);2-3H,1H3,(H,10,11);3-4H,1-2H3;3-5H,1-2H3;3-5H,1-2H3;2-4H,1H3;2-5H,1H3/t12-;11-;;;;;;/m00....../s1. The third kappa shape index (κ3) is 32.2. The van der Waals surface area contributed by atoms with Crippen molar-refractivity contribution in [3.05, 3.63) is 392 Å². The highest BCUT2D eigenvalue weighted by Crippen LogP contribution is 2.37. The molecule has 0 radical (unpaired) electrons. The monoisotopic (exact) mass is 1780 g/mol. The molecular weight excluding hydrogens is 1710 g/mol. The highest BCUT2D eigenvalue weighted by molar-refractivity contribution is 5.96. The minimum absolute atomic E-state index is 0.0606. The van der Waals surface area contributed by atoms with Gasteiger partial charge in [-0.1, -0.05) is 18.2 Å². The van der Waals surface area contributed by atoms with Crippen LogP contribution < -0.4 is 33.8 Å². The van der Waals surface area contributed by atoms with Crippen molar-refractivity contribution in [2.75, 3.05) is 7.11 Å². The molecule has 10 aromatic heterocycles. The molecule has 127 heavy (non-hydrogen) atoms. The van der Waals surface area contributed by atoms with Gasteiger partial charge in [0, 0.05) is 123 Å². The minimum Gasteiger partial charge on any atom is -0.619 e. The van der Waals surface area contributed by atoms with E-state index in [1.165, 1.54) is 80.7 Å². The second-order valence-corrected chi connectivity index (χ2v) is 26.1. The molecule has 36 nitrogen and oxygen atoms in total. The molecule has 666 valence electrons. The van der Waals surface area contributed by atoms with Crippen LogP contribution >= 0.6 is 0 Å². The fourth-order valence-corrected chi connectivity index (χ4v) is 10.6. The van der Waals surface area contributed by atoms with E-state index in [-0.39, 0.29) is 68.0 Å². The van der Waals surface area contributed by atoms with E-state index in [0.717, 1.165) is 100 Å². The zero-order chi connectivity index (χ0) is 95.1. The maximum atomic E-state index is 14.5. The molecule has 0 saturated heterocycles. The Hall–Kier alpha value is -16.4. The fraction of sp³-hybridized carbons (Fsp3) is 0.198. The van der Waals surface area contributed by atoms with Gasteiger partial charge in [-0.2, -0.15) is 14.2 Å². The lowest BCUT2D eigenvalue weighted by Gasteiger charge is -2.18. The first-order valence-electron chi connectivity index (χ1n) is 35.9. The maximum Gasteiger partial charge on any atom is 0.573 e. The Morgan fingerprint density at radius 2 is 0.913 bits per heavy atom. The van der Waals surface area contributed by atoms with Gasteiger partial charge < -0.3 is 39.9 Å². The Balaban J connectivity index is 0.000000278. The molecule has 0 aliphatic heterocycles. The van der Waals surface area contributed by atoms with E-state index in [4.69, 9.17) is 9.84 Å². The van der Waals surface area contributed by atoms with Crippen molar-refractivity contribution in [1.29, 1.82) is 0 Å². The number of alkyl halides is 6. The zero-order valence-corrected chi connectivity index (χ0v) is 67.8. The highest BCUT2D eigenvalue weighted by Gasteiger charge is 2.35. The summed E-state index contributed by atoms with van der Waals surface area (Å²) >= 11 is 0. The molecule has 0 aliphatic carbocycles. The number of nitrogens with zero attached hydrogens (tertiary/aromatic N) is 14. The smallest absolute Gasteiger partial charge is 0.573 e. The Morgan fingerprint density at radius 3 is 1.31 bits per heavy atom. The summed E-state index contributed by atoms with van der Waals surface area (Å²) in [6, 6.07) is 29.3. The molecule has 12 aromatic rings. The molecule has 0 fully saturated rings. The van der Waals surface area contributed by atoms with Gasteiger partial charge in [0.2, 0.25) is 5.75 Å². The van der Waals surface area contributed by atoms with Crippen molar-refractivity contribution in [3.8, 4) is 17.2 Å². The quantitative estimate of drug-likeness (QED) is 0.0190. The number of halogens is 10. The molecule has 10 heterocycles. The third-order valence-electron chi connectivity index (χ3n) is 16.7. The number of ketones is 2. The van der Waals surface area contributed by atoms with Crippen LogP contribution in [0.25, 0.3) is 0 Å². The van der Waals surface area contributed by atoms with Gasteiger partial charge in [-0.05, 0) is 137 Å². The van der Waals surface area contributed by atoms with E-state index in [1.807, 2.05) is 38.2 Å². The number of carboxylic acid groups (broad SMARTS) is 1. The Kier molecular flexibility index (Phi) is 37.1. The predicted octanol–water partition coefficient (Wildman–Crippen LogP) is 15.6. The normalized spacial score (nSPS) is 10.9. The predicted molar refractivity (Wildman–Crippen MR) is 426 cm³/mol. The van der Waals surface area contributed by atoms with E-state index < -0.39 is 131 Å². The summed E-state index contributed by atoms with van der Waals surface area (Å²) < 4.78 is 146. The molecule has 0 unspecified atom stereocenters. The number of nitrogens with one attached hydrogen (secondary N) is 1. The number of ether oxygens (including phenoxy) is 3. The average molecular weight is 1780 g/mol. The number of carbonyl (C=O) groups is 3. The number of methoxy groups -OCH3 is 1. The van der Waals surface area contributed by atoms with Gasteiger partial charge in [0.15, 0.2) is 70.4 Å². The molecule has 0 saturated carbocycles. The number of hydrogen-bond acceptors (Lipinski definition) is 26. The van der Waals surface area contributed by atoms with Gasteiger partial charge in [-0.15, -0.1) is 26.3 Å². The minimum atomic E-state index is -5.15. The second-order valence-electron chi connectivity index (χ2n) is 26.1. The number of benzene rings is 2. The topological polar surface area (TPSA) is 506 Å². The van der Waals surface area contributed by atoms with Crippen molar-refractivity contribution in [1.82, 2.24) is 34.9 Å². The van der Waals surface area contributed by atoms with E-state index in [0.29, 0.717) is 46.3 Å². The van der Waals surface area contributed by atoms with Gasteiger partial charge >= 0.3 is 30.1 Å². The number of H-pyrrole nitrogens is 1. The molecule has 2 aromatic carbocycles. The van der Waals surface area contributed by atoms with Crippen LogP contribution in [0, 0.1) is 152 Å². The van der Waals surface area contributed by atoms with Crippen LogP contribution in [-0.4, -0.2) is 102 Å². The summed E-state index contributed by atoms with van der Waals surface area (Å²) in [5.41, 5.74) is 2.98. The number of aromatic amines is 1. The first-order valence-corrected chi connectivity index (χ1v) is 35.9. The van der Waals surface area contributed by atoms with Crippen LogP contribution in [0.15, 0.2) is 206 Å². The molecule has 0 aliphatic rings. The largest absolute Gasteiger partial charge is 0.619 e. The Morgan fingerprint density at radius 1 is 0.449 bits per heavy atom. The number of pyridine rings is 10.